The first-order valence-corrected chi connectivity index (χ1v) is 7.14. The summed E-state index contributed by atoms with van der Waals surface area (Å²) < 4.78 is 1.91. The summed E-state index contributed by atoms with van der Waals surface area (Å²) in [5.41, 5.74) is 0. The Bertz CT molecular complexity index is 375. The Hall–Kier alpha value is -0.900. The van der Waals surface area contributed by atoms with Crippen LogP contribution in [0.4, 0.5) is 0 Å². The molecule has 0 spiro atoms. The second kappa shape index (κ2) is 5.83. The number of nitrogens with zero attached hydrogens (tertiary/aromatic N) is 3. The third kappa shape index (κ3) is 3.10. The van der Waals surface area contributed by atoms with Gasteiger partial charge in [-0.25, -0.2) is 9.67 Å². The maximum absolute atomic E-state index is 10.4. The average Bonchev–Trinajstić information content (AvgIpc) is 2.77. The summed E-state index contributed by atoms with van der Waals surface area (Å²) in [6, 6.07) is 0.306. The Morgan fingerprint density at radius 3 is 2.89 bits per heavy atom. The van der Waals surface area contributed by atoms with E-state index in [1.54, 1.807) is 6.33 Å². The molecule has 0 saturated heterocycles. The Kier molecular flexibility index (Phi) is 4.38. The van der Waals surface area contributed by atoms with E-state index in [0.717, 1.165) is 24.6 Å². The van der Waals surface area contributed by atoms with Crippen molar-refractivity contribution >= 4 is 0 Å². The molecule has 0 aromatic carbocycles. The fraction of sp³-hybridized carbons (Fsp3) is 0.857. The highest BCUT2D eigenvalue weighted by molar-refractivity contribution is 4.91. The number of aliphatic hydroxyl groups is 1. The molecule has 0 bridgehead atoms. The normalized spacial score (nSPS) is 26.5. The lowest BCUT2D eigenvalue weighted by Crippen LogP contribution is -2.29. The van der Waals surface area contributed by atoms with Gasteiger partial charge in [-0.05, 0) is 38.5 Å². The Morgan fingerprint density at radius 2 is 2.22 bits per heavy atom. The van der Waals surface area contributed by atoms with Gasteiger partial charge in [-0.15, -0.1) is 0 Å². The zero-order valence-electron chi connectivity index (χ0n) is 11.7. The van der Waals surface area contributed by atoms with Gasteiger partial charge >= 0.3 is 0 Å². The third-order valence-corrected chi connectivity index (χ3v) is 4.05. The summed E-state index contributed by atoms with van der Waals surface area (Å²) in [4.78, 5) is 4.28. The molecule has 0 radical (unpaired) electrons. The first kappa shape index (κ1) is 13.5. The summed E-state index contributed by atoms with van der Waals surface area (Å²) in [5, 5.41) is 14.6. The van der Waals surface area contributed by atoms with E-state index >= 15 is 0 Å². The predicted molar refractivity (Wildman–Crippen MR) is 71.2 cm³/mol. The molecule has 4 nitrogen and oxygen atoms in total. The van der Waals surface area contributed by atoms with Gasteiger partial charge in [0.1, 0.15) is 12.2 Å². The topological polar surface area (TPSA) is 50.9 Å². The monoisotopic (exact) mass is 251 g/mol. The highest BCUT2D eigenvalue weighted by atomic mass is 16.3. The summed E-state index contributed by atoms with van der Waals surface area (Å²) in [7, 11) is 0. The summed E-state index contributed by atoms with van der Waals surface area (Å²) in [5.74, 6) is 2.10. The molecule has 4 heteroatoms. The molecule has 18 heavy (non-hydrogen) atoms. The molecule has 1 aliphatic carbocycles. The van der Waals surface area contributed by atoms with Gasteiger partial charge in [0.2, 0.25) is 0 Å². The molecular weight excluding hydrogens is 226 g/mol. The second-order valence-corrected chi connectivity index (χ2v) is 6.02. The molecule has 1 aliphatic rings. The van der Waals surface area contributed by atoms with Crippen molar-refractivity contribution in [3.8, 4) is 0 Å². The van der Waals surface area contributed by atoms with Crippen molar-refractivity contribution in [3.05, 3.63) is 12.2 Å². The van der Waals surface area contributed by atoms with E-state index in [-0.39, 0.29) is 6.10 Å². The van der Waals surface area contributed by atoms with Gasteiger partial charge in [0.15, 0.2) is 0 Å². The molecule has 1 aromatic rings. The molecular formula is C14H25N3O. The van der Waals surface area contributed by atoms with Crippen molar-refractivity contribution in [1.29, 1.82) is 0 Å². The largest absolute Gasteiger partial charge is 0.392 e. The minimum atomic E-state index is -0.269. The SMILES string of the molecule is CC1CCCC(C(O)Cc2ncnn2C(C)C)C1. The number of aliphatic hydroxyl groups excluding tert-OH is 1. The number of rotatable bonds is 4. The van der Waals surface area contributed by atoms with Crippen LogP contribution in [-0.4, -0.2) is 26.0 Å². The van der Waals surface area contributed by atoms with Crippen molar-refractivity contribution in [2.45, 2.75) is 65.0 Å². The maximum atomic E-state index is 10.4. The van der Waals surface area contributed by atoms with Crippen molar-refractivity contribution in [3.63, 3.8) is 0 Å². The highest BCUT2D eigenvalue weighted by Gasteiger charge is 2.26. The molecule has 1 heterocycles. The van der Waals surface area contributed by atoms with E-state index < -0.39 is 0 Å². The number of aromatic nitrogens is 3. The van der Waals surface area contributed by atoms with E-state index in [1.807, 2.05) is 4.68 Å². The van der Waals surface area contributed by atoms with Crippen LogP contribution in [0.1, 0.15) is 58.3 Å². The molecule has 3 atom stereocenters. The lowest BCUT2D eigenvalue weighted by atomic mass is 9.79. The second-order valence-electron chi connectivity index (χ2n) is 6.02. The zero-order valence-corrected chi connectivity index (χ0v) is 11.7. The van der Waals surface area contributed by atoms with Crippen molar-refractivity contribution in [2.24, 2.45) is 11.8 Å². The van der Waals surface area contributed by atoms with Crippen LogP contribution in [0.15, 0.2) is 6.33 Å². The van der Waals surface area contributed by atoms with E-state index in [1.165, 1.54) is 12.8 Å². The van der Waals surface area contributed by atoms with Crippen LogP contribution in [0.2, 0.25) is 0 Å². The fourth-order valence-electron chi connectivity index (χ4n) is 3.04. The molecule has 0 amide bonds. The summed E-state index contributed by atoms with van der Waals surface area (Å²) >= 11 is 0. The molecule has 1 saturated carbocycles. The Morgan fingerprint density at radius 1 is 1.44 bits per heavy atom. The van der Waals surface area contributed by atoms with E-state index in [4.69, 9.17) is 0 Å². The predicted octanol–water partition coefficient (Wildman–Crippen LogP) is 2.59. The lowest BCUT2D eigenvalue weighted by molar-refractivity contribution is 0.0693. The summed E-state index contributed by atoms with van der Waals surface area (Å²) in [6.07, 6.45) is 6.82. The maximum Gasteiger partial charge on any atom is 0.138 e. The van der Waals surface area contributed by atoms with Crippen LogP contribution in [0.3, 0.4) is 0 Å². The van der Waals surface area contributed by atoms with Gasteiger partial charge in [-0.3, -0.25) is 0 Å². The van der Waals surface area contributed by atoms with Crippen LogP contribution in [-0.2, 0) is 6.42 Å². The molecule has 1 fully saturated rings. The van der Waals surface area contributed by atoms with Crippen LogP contribution in [0.25, 0.3) is 0 Å². The smallest absolute Gasteiger partial charge is 0.138 e. The van der Waals surface area contributed by atoms with Gasteiger partial charge in [0.25, 0.3) is 0 Å². The minimum absolute atomic E-state index is 0.269. The quantitative estimate of drug-likeness (QED) is 0.895. The zero-order chi connectivity index (χ0) is 13.1. The van der Waals surface area contributed by atoms with Gasteiger partial charge in [0.05, 0.1) is 6.10 Å². The van der Waals surface area contributed by atoms with E-state index in [2.05, 4.69) is 30.9 Å². The molecule has 102 valence electrons. The molecule has 0 aliphatic heterocycles. The first-order valence-electron chi connectivity index (χ1n) is 7.14. The van der Waals surface area contributed by atoms with E-state index in [9.17, 15) is 5.11 Å². The van der Waals surface area contributed by atoms with Gasteiger partial charge in [-0.2, -0.15) is 5.10 Å². The number of hydrogen-bond donors (Lipinski definition) is 1. The Balaban J connectivity index is 1.97. The number of hydrogen-bond acceptors (Lipinski definition) is 3. The van der Waals surface area contributed by atoms with Crippen LogP contribution in [0.5, 0.6) is 0 Å². The molecule has 1 N–H and O–H groups in total. The molecule has 3 unspecified atom stereocenters. The van der Waals surface area contributed by atoms with Crippen LogP contribution < -0.4 is 0 Å². The Labute approximate surface area is 109 Å². The molecule has 2 rings (SSSR count). The minimum Gasteiger partial charge on any atom is -0.392 e. The van der Waals surface area contributed by atoms with Gasteiger partial charge < -0.3 is 5.11 Å². The molecule has 1 aromatic heterocycles. The van der Waals surface area contributed by atoms with Gasteiger partial charge in [-0.1, -0.05) is 19.8 Å². The summed E-state index contributed by atoms with van der Waals surface area (Å²) in [6.45, 7) is 6.47. The lowest BCUT2D eigenvalue weighted by Gasteiger charge is -2.30. The van der Waals surface area contributed by atoms with E-state index in [0.29, 0.717) is 18.4 Å². The van der Waals surface area contributed by atoms with Gasteiger partial charge in [0, 0.05) is 12.5 Å². The van der Waals surface area contributed by atoms with Crippen molar-refractivity contribution in [2.75, 3.05) is 0 Å². The van der Waals surface area contributed by atoms with Crippen LogP contribution in [0, 0.1) is 11.8 Å². The van der Waals surface area contributed by atoms with Crippen LogP contribution >= 0.6 is 0 Å². The third-order valence-electron chi connectivity index (χ3n) is 4.05. The van der Waals surface area contributed by atoms with Crippen molar-refractivity contribution in [1.82, 2.24) is 14.8 Å². The standard InChI is InChI=1S/C14H25N3O/c1-10(2)17-14(15-9-16-17)8-13(18)12-6-4-5-11(3)7-12/h9-13,18H,4-8H2,1-3H3. The fourth-order valence-corrected chi connectivity index (χ4v) is 3.04. The first-order chi connectivity index (χ1) is 8.58. The average molecular weight is 251 g/mol. The highest BCUT2D eigenvalue weighted by Crippen LogP contribution is 2.31. The van der Waals surface area contributed by atoms with Crippen molar-refractivity contribution < 1.29 is 5.11 Å².